The third kappa shape index (κ3) is 1.26. The van der Waals surface area contributed by atoms with E-state index in [9.17, 15) is 4.79 Å². The number of aromatic nitrogens is 3. The second-order valence-electron chi connectivity index (χ2n) is 2.77. The van der Waals surface area contributed by atoms with Crippen LogP contribution in [0.4, 0.5) is 5.95 Å². The smallest absolute Gasteiger partial charge is 0.252 e. The van der Waals surface area contributed by atoms with E-state index in [4.69, 9.17) is 5.73 Å². The lowest BCUT2D eigenvalue weighted by Crippen LogP contribution is -2.18. The van der Waals surface area contributed by atoms with Crippen LogP contribution < -0.4 is 11.1 Å². The average molecular weight is 191 g/mol. The van der Waals surface area contributed by atoms with E-state index in [1.165, 1.54) is 4.52 Å². The van der Waals surface area contributed by atoms with Gasteiger partial charge in [0.05, 0.1) is 5.56 Å². The largest absolute Gasteiger partial charge is 0.366 e. The minimum absolute atomic E-state index is 0.166. The maximum Gasteiger partial charge on any atom is 0.252 e. The van der Waals surface area contributed by atoms with Gasteiger partial charge in [0.15, 0.2) is 5.65 Å². The molecule has 72 valence electrons. The van der Waals surface area contributed by atoms with E-state index in [0.29, 0.717) is 11.2 Å². The van der Waals surface area contributed by atoms with E-state index in [0.717, 1.165) is 0 Å². The summed E-state index contributed by atoms with van der Waals surface area (Å²) in [6, 6.07) is 3.36. The van der Waals surface area contributed by atoms with Gasteiger partial charge >= 0.3 is 0 Å². The number of amides is 1. The molecule has 0 radical (unpaired) electrons. The van der Waals surface area contributed by atoms with Crippen LogP contribution in [0.25, 0.3) is 5.65 Å². The maximum absolute atomic E-state index is 11.3. The van der Waals surface area contributed by atoms with Gasteiger partial charge in [-0.1, -0.05) is 0 Å². The number of nitrogens with two attached hydrogens (primary N) is 1. The number of anilines is 1. The van der Waals surface area contributed by atoms with Crippen molar-refractivity contribution in [2.75, 3.05) is 12.8 Å². The van der Waals surface area contributed by atoms with Gasteiger partial charge in [0.2, 0.25) is 5.95 Å². The number of hydrogen-bond donors (Lipinski definition) is 2. The van der Waals surface area contributed by atoms with E-state index in [1.807, 2.05) is 0 Å². The van der Waals surface area contributed by atoms with E-state index in [-0.39, 0.29) is 11.9 Å². The fourth-order valence-electron chi connectivity index (χ4n) is 1.18. The molecule has 0 atom stereocenters. The Labute approximate surface area is 79.7 Å². The van der Waals surface area contributed by atoms with Crippen molar-refractivity contribution >= 4 is 17.5 Å². The molecule has 0 saturated heterocycles. The summed E-state index contributed by atoms with van der Waals surface area (Å²) in [5, 5.41) is 6.41. The second-order valence-corrected chi connectivity index (χ2v) is 2.77. The van der Waals surface area contributed by atoms with Gasteiger partial charge in [0.1, 0.15) is 0 Å². The molecule has 2 aromatic heterocycles. The third-order valence-corrected chi connectivity index (χ3v) is 1.84. The zero-order valence-corrected chi connectivity index (χ0v) is 7.56. The zero-order chi connectivity index (χ0) is 10.1. The number of pyridine rings is 1. The van der Waals surface area contributed by atoms with Crippen molar-refractivity contribution in [2.45, 2.75) is 0 Å². The van der Waals surface area contributed by atoms with Gasteiger partial charge in [-0.2, -0.15) is 4.98 Å². The van der Waals surface area contributed by atoms with E-state index in [2.05, 4.69) is 15.4 Å². The van der Waals surface area contributed by atoms with Crippen molar-refractivity contribution in [1.29, 1.82) is 0 Å². The van der Waals surface area contributed by atoms with Crippen molar-refractivity contribution in [3.63, 3.8) is 0 Å². The number of hydrogen-bond acceptors (Lipinski definition) is 4. The Kier molecular flexibility index (Phi) is 1.81. The summed E-state index contributed by atoms with van der Waals surface area (Å²) in [7, 11) is 1.57. The Bertz CT molecular complexity index is 489. The molecule has 2 aromatic rings. The number of carbonyl (C=O) groups is 1. The number of carbonyl (C=O) groups excluding carboxylic acids is 1. The van der Waals surface area contributed by atoms with Crippen LogP contribution in [0.2, 0.25) is 0 Å². The van der Waals surface area contributed by atoms with Crippen LogP contribution in [-0.4, -0.2) is 27.6 Å². The Morgan fingerprint density at radius 2 is 2.36 bits per heavy atom. The van der Waals surface area contributed by atoms with Gasteiger partial charge in [0, 0.05) is 13.2 Å². The highest BCUT2D eigenvalue weighted by molar-refractivity contribution is 5.93. The normalized spacial score (nSPS) is 10.4. The molecule has 6 heteroatoms. The summed E-state index contributed by atoms with van der Waals surface area (Å²) in [5.41, 5.74) is 6.54. The van der Waals surface area contributed by atoms with Crippen molar-refractivity contribution in [2.24, 2.45) is 0 Å². The molecule has 3 N–H and O–H groups in total. The lowest BCUT2D eigenvalue weighted by Gasteiger charge is -1.98. The van der Waals surface area contributed by atoms with Crippen LogP contribution in [0.15, 0.2) is 18.3 Å². The summed E-state index contributed by atoms with van der Waals surface area (Å²) in [6.07, 6.45) is 1.58. The van der Waals surface area contributed by atoms with Gasteiger partial charge in [0.25, 0.3) is 5.91 Å². The standard InChI is InChI=1S/C8H9N5O/c1-10-7(14)5-2-3-6-11-8(9)12-13(6)4-5/h2-4H,1H3,(H2,9,12)(H,10,14). The number of nitrogens with zero attached hydrogens (tertiary/aromatic N) is 3. The molecule has 6 nitrogen and oxygen atoms in total. The number of rotatable bonds is 1. The quantitative estimate of drug-likeness (QED) is 0.646. The molecule has 0 aliphatic rings. The molecule has 0 saturated carbocycles. The first-order valence-corrected chi connectivity index (χ1v) is 4.04. The fraction of sp³-hybridized carbons (Fsp3) is 0.125. The van der Waals surface area contributed by atoms with Crippen LogP contribution >= 0.6 is 0 Å². The highest BCUT2D eigenvalue weighted by atomic mass is 16.1. The topological polar surface area (TPSA) is 85.3 Å². The Hall–Kier alpha value is -2.11. The highest BCUT2D eigenvalue weighted by Crippen LogP contribution is 2.05. The second kappa shape index (κ2) is 2.99. The Balaban J connectivity index is 2.55. The monoisotopic (exact) mass is 191 g/mol. The van der Waals surface area contributed by atoms with Crippen molar-refractivity contribution in [3.05, 3.63) is 23.9 Å². The molecule has 0 bridgehead atoms. The van der Waals surface area contributed by atoms with Gasteiger partial charge in [-0.3, -0.25) is 4.79 Å². The number of nitrogens with one attached hydrogen (secondary N) is 1. The predicted octanol–water partition coefficient (Wildman–Crippen LogP) is -0.329. The first-order chi connectivity index (χ1) is 6.70. The van der Waals surface area contributed by atoms with E-state index in [1.54, 1.807) is 25.4 Å². The lowest BCUT2D eigenvalue weighted by atomic mass is 10.3. The van der Waals surface area contributed by atoms with Crippen LogP contribution in [0, 0.1) is 0 Å². The first-order valence-electron chi connectivity index (χ1n) is 4.04. The van der Waals surface area contributed by atoms with Crippen LogP contribution in [-0.2, 0) is 0 Å². The van der Waals surface area contributed by atoms with Gasteiger partial charge in [-0.25, -0.2) is 4.52 Å². The SMILES string of the molecule is CNC(=O)c1ccc2nc(N)nn2c1. The van der Waals surface area contributed by atoms with Crippen LogP contribution in [0.5, 0.6) is 0 Å². The van der Waals surface area contributed by atoms with Gasteiger partial charge in [-0.05, 0) is 12.1 Å². The summed E-state index contributed by atoms with van der Waals surface area (Å²) < 4.78 is 1.47. The van der Waals surface area contributed by atoms with Crippen molar-refractivity contribution in [1.82, 2.24) is 19.9 Å². The minimum atomic E-state index is -0.166. The molecule has 0 spiro atoms. The van der Waals surface area contributed by atoms with E-state index >= 15 is 0 Å². The Morgan fingerprint density at radius 1 is 1.57 bits per heavy atom. The predicted molar refractivity (Wildman–Crippen MR) is 50.8 cm³/mol. The van der Waals surface area contributed by atoms with Gasteiger partial charge < -0.3 is 11.1 Å². The first kappa shape index (κ1) is 8.49. The highest BCUT2D eigenvalue weighted by Gasteiger charge is 2.05. The zero-order valence-electron chi connectivity index (χ0n) is 7.56. The molecule has 0 aromatic carbocycles. The average Bonchev–Trinajstić information content (AvgIpc) is 2.55. The molecule has 14 heavy (non-hydrogen) atoms. The Morgan fingerprint density at radius 3 is 3.07 bits per heavy atom. The fourth-order valence-corrected chi connectivity index (χ4v) is 1.18. The molecule has 2 heterocycles. The molecule has 2 rings (SSSR count). The molecule has 0 fully saturated rings. The van der Waals surface area contributed by atoms with Gasteiger partial charge in [-0.15, -0.1) is 5.10 Å². The summed E-state index contributed by atoms with van der Waals surface area (Å²) in [5.74, 6) is 0.0278. The lowest BCUT2D eigenvalue weighted by molar-refractivity contribution is 0.0962. The molecular weight excluding hydrogens is 182 g/mol. The minimum Gasteiger partial charge on any atom is -0.366 e. The van der Waals surface area contributed by atoms with Crippen LogP contribution in [0.3, 0.4) is 0 Å². The molecule has 0 unspecified atom stereocenters. The number of nitrogen functional groups attached to an aromatic ring is 1. The van der Waals surface area contributed by atoms with Crippen molar-refractivity contribution < 1.29 is 4.79 Å². The van der Waals surface area contributed by atoms with E-state index < -0.39 is 0 Å². The number of fused-ring (bicyclic) bond motifs is 1. The van der Waals surface area contributed by atoms with Crippen LogP contribution in [0.1, 0.15) is 10.4 Å². The summed E-state index contributed by atoms with van der Waals surface area (Å²) >= 11 is 0. The van der Waals surface area contributed by atoms with Crippen molar-refractivity contribution in [3.8, 4) is 0 Å². The molecule has 0 aliphatic heterocycles. The molecule has 0 aliphatic carbocycles. The third-order valence-electron chi connectivity index (χ3n) is 1.84. The maximum atomic E-state index is 11.3. The summed E-state index contributed by atoms with van der Waals surface area (Å²) in [4.78, 5) is 15.2. The molecular formula is C8H9N5O. The summed E-state index contributed by atoms with van der Waals surface area (Å²) in [6.45, 7) is 0. The molecule has 1 amide bonds.